The normalized spacial score (nSPS) is 11.6. The molecule has 0 unspecified atom stereocenters. The van der Waals surface area contributed by atoms with E-state index in [4.69, 9.17) is 0 Å². The smallest absolute Gasteiger partial charge is 0.0272 e. The molecule has 0 spiro atoms. The van der Waals surface area contributed by atoms with Crippen LogP contribution in [0.2, 0.25) is 0 Å². The zero-order chi connectivity index (χ0) is 8.10. The summed E-state index contributed by atoms with van der Waals surface area (Å²) >= 11 is 3.83. The molecular weight excluding hydrogens is 154 g/mol. The minimum Gasteiger partial charge on any atom is -0.229 e. The van der Waals surface area contributed by atoms with E-state index in [0.29, 0.717) is 0 Å². The van der Waals surface area contributed by atoms with Crippen molar-refractivity contribution in [3.05, 3.63) is 35.9 Å². The molecule has 0 aliphatic carbocycles. The largest absolute Gasteiger partial charge is 0.229 e. The van der Waals surface area contributed by atoms with Gasteiger partial charge in [-0.25, -0.2) is 4.40 Å². The summed E-state index contributed by atoms with van der Waals surface area (Å²) in [6.07, 6.45) is 0.893. The predicted molar refractivity (Wildman–Crippen MR) is 52.2 cm³/mol. The van der Waals surface area contributed by atoms with E-state index in [1.165, 1.54) is 5.56 Å². The first-order chi connectivity index (χ1) is 5.33. The Hall–Kier alpha value is -0.760. The van der Waals surface area contributed by atoms with Crippen molar-refractivity contribution in [2.75, 3.05) is 0 Å². The van der Waals surface area contributed by atoms with E-state index in [-0.39, 0.29) is 0 Å². The monoisotopic (exact) mass is 165 g/mol. The SMILES string of the molecule is CC(Cc1ccccc1)=NS. The number of nitrogens with zero attached hydrogens (tertiary/aromatic N) is 1. The Morgan fingerprint density at radius 1 is 1.36 bits per heavy atom. The molecule has 1 aromatic rings. The van der Waals surface area contributed by atoms with Gasteiger partial charge in [0.25, 0.3) is 0 Å². The van der Waals surface area contributed by atoms with Gasteiger partial charge in [-0.2, -0.15) is 0 Å². The molecule has 0 heterocycles. The zero-order valence-electron chi connectivity index (χ0n) is 6.49. The van der Waals surface area contributed by atoms with Gasteiger partial charge >= 0.3 is 0 Å². The Balaban J connectivity index is 2.65. The molecule has 1 rings (SSSR count). The van der Waals surface area contributed by atoms with Gasteiger partial charge < -0.3 is 0 Å². The first-order valence-electron chi connectivity index (χ1n) is 3.54. The van der Waals surface area contributed by atoms with Gasteiger partial charge in [0, 0.05) is 12.1 Å². The van der Waals surface area contributed by atoms with E-state index in [0.717, 1.165) is 12.1 Å². The molecule has 0 atom stereocenters. The third-order valence-electron chi connectivity index (χ3n) is 1.47. The van der Waals surface area contributed by atoms with Crippen molar-refractivity contribution in [1.82, 2.24) is 0 Å². The van der Waals surface area contributed by atoms with Gasteiger partial charge in [-0.15, -0.1) is 0 Å². The van der Waals surface area contributed by atoms with Gasteiger partial charge in [0.1, 0.15) is 0 Å². The van der Waals surface area contributed by atoms with Gasteiger partial charge in [-0.05, 0) is 25.3 Å². The van der Waals surface area contributed by atoms with Crippen LogP contribution in [-0.4, -0.2) is 5.71 Å². The summed E-state index contributed by atoms with van der Waals surface area (Å²) < 4.78 is 3.79. The molecule has 0 amide bonds. The number of benzene rings is 1. The highest BCUT2D eigenvalue weighted by Crippen LogP contribution is 2.01. The summed E-state index contributed by atoms with van der Waals surface area (Å²) in [7, 11) is 0. The fraction of sp³-hybridized carbons (Fsp3) is 0.222. The summed E-state index contributed by atoms with van der Waals surface area (Å²) in [5.41, 5.74) is 2.32. The van der Waals surface area contributed by atoms with Crippen molar-refractivity contribution in [3.63, 3.8) is 0 Å². The molecule has 58 valence electrons. The van der Waals surface area contributed by atoms with Crippen LogP contribution in [0.3, 0.4) is 0 Å². The van der Waals surface area contributed by atoms with Crippen molar-refractivity contribution in [1.29, 1.82) is 0 Å². The molecule has 0 N–H and O–H groups in total. The first kappa shape index (κ1) is 8.34. The highest BCUT2D eigenvalue weighted by Gasteiger charge is 1.92. The summed E-state index contributed by atoms with van der Waals surface area (Å²) in [6, 6.07) is 10.2. The van der Waals surface area contributed by atoms with E-state index in [9.17, 15) is 0 Å². The Morgan fingerprint density at radius 3 is 2.55 bits per heavy atom. The predicted octanol–water partition coefficient (Wildman–Crippen LogP) is 2.53. The molecular formula is C9H11NS. The third-order valence-corrected chi connectivity index (χ3v) is 1.81. The Labute approximate surface area is 72.7 Å². The molecule has 0 fully saturated rings. The first-order valence-corrected chi connectivity index (χ1v) is 3.94. The van der Waals surface area contributed by atoms with E-state index in [2.05, 4.69) is 29.3 Å². The molecule has 0 saturated heterocycles. The molecule has 11 heavy (non-hydrogen) atoms. The minimum absolute atomic E-state index is 0.893. The van der Waals surface area contributed by atoms with Crippen LogP contribution in [0, 0.1) is 0 Å². The topological polar surface area (TPSA) is 12.4 Å². The van der Waals surface area contributed by atoms with Crippen molar-refractivity contribution in [2.45, 2.75) is 13.3 Å². The molecule has 0 aromatic heterocycles. The van der Waals surface area contributed by atoms with Crippen LogP contribution in [0.5, 0.6) is 0 Å². The van der Waals surface area contributed by atoms with Crippen LogP contribution in [0.15, 0.2) is 34.7 Å². The second-order valence-electron chi connectivity index (χ2n) is 2.50. The van der Waals surface area contributed by atoms with Crippen LogP contribution >= 0.6 is 12.8 Å². The van der Waals surface area contributed by atoms with Gasteiger partial charge in [-0.3, -0.25) is 0 Å². The molecule has 1 nitrogen and oxygen atoms in total. The van der Waals surface area contributed by atoms with Gasteiger partial charge in [0.05, 0.1) is 0 Å². The quantitative estimate of drug-likeness (QED) is 0.511. The molecule has 1 aromatic carbocycles. The molecule has 0 aliphatic heterocycles. The van der Waals surface area contributed by atoms with Gasteiger partial charge in [0.2, 0.25) is 0 Å². The van der Waals surface area contributed by atoms with Gasteiger partial charge in [0.15, 0.2) is 0 Å². The average Bonchev–Trinajstić information content (AvgIpc) is 2.06. The van der Waals surface area contributed by atoms with E-state index in [1.54, 1.807) is 0 Å². The Kier molecular flexibility index (Phi) is 3.17. The Morgan fingerprint density at radius 2 is 2.00 bits per heavy atom. The van der Waals surface area contributed by atoms with Crippen LogP contribution in [0.25, 0.3) is 0 Å². The number of hydrogen-bond donors (Lipinski definition) is 1. The fourth-order valence-electron chi connectivity index (χ4n) is 0.927. The highest BCUT2D eigenvalue weighted by atomic mass is 32.1. The number of rotatable bonds is 2. The lowest BCUT2D eigenvalue weighted by Crippen LogP contribution is -1.94. The highest BCUT2D eigenvalue weighted by molar-refractivity contribution is 7.79. The van der Waals surface area contributed by atoms with Crippen molar-refractivity contribution < 1.29 is 0 Å². The van der Waals surface area contributed by atoms with Crippen LogP contribution in [-0.2, 0) is 6.42 Å². The second kappa shape index (κ2) is 4.19. The lowest BCUT2D eigenvalue weighted by Gasteiger charge is -1.97. The standard InChI is InChI=1S/C9H11NS/c1-8(10-11)7-9-5-3-2-4-6-9/h2-6,11H,7H2,1H3. The van der Waals surface area contributed by atoms with Crippen molar-refractivity contribution >= 4 is 18.5 Å². The van der Waals surface area contributed by atoms with Gasteiger partial charge in [-0.1, -0.05) is 30.3 Å². The summed E-state index contributed by atoms with van der Waals surface area (Å²) in [5, 5.41) is 0. The van der Waals surface area contributed by atoms with E-state index in [1.807, 2.05) is 25.1 Å². The molecule has 0 aliphatic rings. The molecule has 0 radical (unpaired) electrons. The number of hydrogen-bond acceptors (Lipinski definition) is 2. The van der Waals surface area contributed by atoms with Crippen LogP contribution in [0.4, 0.5) is 0 Å². The van der Waals surface area contributed by atoms with Crippen LogP contribution < -0.4 is 0 Å². The summed E-state index contributed by atoms with van der Waals surface area (Å²) in [6.45, 7) is 1.97. The summed E-state index contributed by atoms with van der Waals surface area (Å²) in [4.78, 5) is 0. The van der Waals surface area contributed by atoms with E-state index >= 15 is 0 Å². The zero-order valence-corrected chi connectivity index (χ0v) is 7.38. The lowest BCUT2D eigenvalue weighted by molar-refractivity contribution is 1.31. The maximum absolute atomic E-state index is 3.83. The molecule has 2 heteroatoms. The Bertz CT molecular complexity index is 241. The third kappa shape index (κ3) is 2.76. The average molecular weight is 165 g/mol. The second-order valence-corrected chi connectivity index (χ2v) is 2.70. The fourth-order valence-corrected chi connectivity index (χ4v) is 0.997. The van der Waals surface area contributed by atoms with Crippen LogP contribution in [0.1, 0.15) is 12.5 Å². The lowest BCUT2D eigenvalue weighted by atomic mass is 10.1. The summed E-state index contributed by atoms with van der Waals surface area (Å²) in [5.74, 6) is 0. The van der Waals surface area contributed by atoms with Crippen molar-refractivity contribution in [2.24, 2.45) is 4.40 Å². The molecule has 0 bridgehead atoms. The van der Waals surface area contributed by atoms with E-state index < -0.39 is 0 Å². The van der Waals surface area contributed by atoms with Crippen molar-refractivity contribution in [3.8, 4) is 0 Å². The number of thiol groups is 1. The minimum atomic E-state index is 0.893. The maximum atomic E-state index is 3.83. The maximum Gasteiger partial charge on any atom is 0.0272 e. The molecule has 0 saturated carbocycles.